The lowest BCUT2D eigenvalue weighted by Crippen LogP contribution is -2.32. The van der Waals surface area contributed by atoms with Crippen LogP contribution < -0.4 is 11.1 Å². The number of halogens is 3. The average molecular weight is 414 g/mol. The standard InChI is InChI=1S/C18H21F3N4O2S/c1-3-25(4-2)28(26,27)16-12-8-7-11-15(16)24-17(22)23-14-10-6-5-9-13(14)18(19,20)21/h5-12H,3-4H2,1-2H3,(H3,22,23,24). The summed E-state index contributed by atoms with van der Waals surface area (Å²) in [6.07, 6.45) is -4.59. The zero-order valence-electron chi connectivity index (χ0n) is 15.4. The fraction of sp³-hybridized carbons (Fsp3) is 0.278. The van der Waals surface area contributed by atoms with Crippen LogP contribution in [0.25, 0.3) is 0 Å². The Balaban J connectivity index is 2.42. The van der Waals surface area contributed by atoms with Gasteiger partial charge in [0.1, 0.15) is 4.90 Å². The molecular weight excluding hydrogens is 393 g/mol. The summed E-state index contributed by atoms with van der Waals surface area (Å²) in [6, 6.07) is 10.7. The Morgan fingerprint density at radius 2 is 1.64 bits per heavy atom. The van der Waals surface area contributed by atoms with Crippen LogP contribution in [0.3, 0.4) is 0 Å². The van der Waals surface area contributed by atoms with Crippen molar-refractivity contribution >= 4 is 27.4 Å². The predicted molar refractivity (Wildman–Crippen MR) is 103 cm³/mol. The second-order valence-electron chi connectivity index (χ2n) is 5.72. The van der Waals surface area contributed by atoms with Crippen molar-refractivity contribution in [2.75, 3.05) is 18.4 Å². The minimum atomic E-state index is -4.59. The highest BCUT2D eigenvalue weighted by Gasteiger charge is 2.33. The normalized spacial score (nSPS) is 13.0. The largest absolute Gasteiger partial charge is 0.418 e. The number of anilines is 1. The average Bonchev–Trinajstić information content (AvgIpc) is 2.62. The van der Waals surface area contributed by atoms with Crippen LogP contribution in [0.5, 0.6) is 0 Å². The van der Waals surface area contributed by atoms with Crippen LogP contribution in [0.4, 0.5) is 24.5 Å². The highest BCUT2D eigenvalue weighted by molar-refractivity contribution is 7.89. The number of nitrogens with zero attached hydrogens (tertiary/aromatic N) is 2. The maximum Gasteiger partial charge on any atom is 0.418 e. The first-order valence-corrected chi connectivity index (χ1v) is 9.91. The molecule has 0 saturated carbocycles. The number of sulfonamides is 1. The van der Waals surface area contributed by atoms with Gasteiger partial charge in [-0.3, -0.25) is 0 Å². The summed E-state index contributed by atoms with van der Waals surface area (Å²) >= 11 is 0. The second kappa shape index (κ2) is 8.61. The van der Waals surface area contributed by atoms with Crippen LogP contribution >= 0.6 is 0 Å². The number of guanidine groups is 1. The van der Waals surface area contributed by atoms with E-state index >= 15 is 0 Å². The number of aliphatic imine (C=N–C) groups is 1. The van der Waals surface area contributed by atoms with Crippen LogP contribution in [0, 0.1) is 0 Å². The topological polar surface area (TPSA) is 87.8 Å². The van der Waals surface area contributed by atoms with Gasteiger partial charge in [-0.15, -0.1) is 0 Å². The van der Waals surface area contributed by atoms with Gasteiger partial charge >= 0.3 is 6.18 Å². The summed E-state index contributed by atoms with van der Waals surface area (Å²) in [5.41, 5.74) is 4.58. The summed E-state index contributed by atoms with van der Waals surface area (Å²) in [4.78, 5) is 3.74. The molecule has 0 fully saturated rings. The molecule has 0 aromatic heterocycles. The number of alkyl halides is 3. The highest BCUT2D eigenvalue weighted by Crippen LogP contribution is 2.36. The molecule has 2 aromatic rings. The Hall–Kier alpha value is -2.59. The Morgan fingerprint density at radius 1 is 1.07 bits per heavy atom. The van der Waals surface area contributed by atoms with Crippen molar-refractivity contribution in [3.05, 3.63) is 54.1 Å². The summed E-state index contributed by atoms with van der Waals surface area (Å²) in [5.74, 6) is -0.362. The molecule has 152 valence electrons. The van der Waals surface area contributed by atoms with E-state index in [1.807, 2.05) is 0 Å². The number of hydrogen-bond donors (Lipinski definition) is 2. The number of rotatable bonds is 6. The van der Waals surface area contributed by atoms with Gasteiger partial charge in [-0.05, 0) is 24.3 Å². The Kier molecular flexibility index (Phi) is 6.68. The van der Waals surface area contributed by atoms with Gasteiger partial charge in [-0.1, -0.05) is 38.1 Å². The number of nitrogens with one attached hydrogen (secondary N) is 1. The minimum absolute atomic E-state index is 0.0408. The zero-order valence-corrected chi connectivity index (χ0v) is 16.2. The summed E-state index contributed by atoms with van der Waals surface area (Å²) in [6.45, 7) is 3.97. The summed E-state index contributed by atoms with van der Waals surface area (Å²) in [5, 5.41) is 2.60. The van der Waals surface area contributed by atoms with Crippen molar-refractivity contribution in [3.8, 4) is 0 Å². The number of benzene rings is 2. The fourth-order valence-electron chi connectivity index (χ4n) is 2.60. The Bertz CT molecular complexity index is 955. The zero-order chi connectivity index (χ0) is 20.9. The molecule has 6 nitrogen and oxygen atoms in total. The minimum Gasteiger partial charge on any atom is -0.369 e. The van der Waals surface area contributed by atoms with Gasteiger partial charge in [0.15, 0.2) is 5.96 Å². The highest BCUT2D eigenvalue weighted by atomic mass is 32.2. The third kappa shape index (κ3) is 4.82. The lowest BCUT2D eigenvalue weighted by atomic mass is 10.2. The van der Waals surface area contributed by atoms with Gasteiger partial charge in [0.2, 0.25) is 10.0 Å². The summed E-state index contributed by atoms with van der Waals surface area (Å²) in [7, 11) is -3.80. The van der Waals surface area contributed by atoms with Crippen molar-refractivity contribution < 1.29 is 21.6 Å². The van der Waals surface area contributed by atoms with E-state index in [1.165, 1.54) is 34.6 Å². The number of hydrogen-bond acceptors (Lipinski definition) is 3. The van der Waals surface area contributed by atoms with Crippen LogP contribution in [0.1, 0.15) is 19.4 Å². The van der Waals surface area contributed by atoms with Crippen LogP contribution in [-0.4, -0.2) is 31.8 Å². The van der Waals surface area contributed by atoms with E-state index in [0.717, 1.165) is 6.07 Å². The van der Waals surface area contributed by atoms with E-state index in [9.17, 15) is 21.6 Å². The van der Waals surface area contributed by atoms with Crippen molar-refractivity contribution in [3.63, 3.8) is 0 Å². The third-order valence-corrected chi connectivity index (χ3v) is 6.03. The molecule has 28 heavy (non-hydrogen) atoms. The van der Waals surface area contributed by atoms with Crippen molar-refractivity contribution in [1.29, 1.82) is 0 Å². The molecule has 3 N–H and O–H groups in total. The van der Waals surface area contributed by atoms with Gasteiger partial charge in [-0.2, -0.15) is 17.5 Å². The molecule has 2 rings (SSSR count). The first kappa shape index (κ1) is 21.7. The van der Waals surface area contributed by atoms with E-state index in [4.69, 9.17) is 5.73 Å². The quantitative estimate of drug-likeness (QED) is 0.556. The Morgan fingerprint density at radius 3 is 2.25 bits per heavy atom. The molecule has 0 atom stereocenters. The molecule has 0 unspecified atom stereocenters. The SMILES string of the molecule is CCN(CC)S(=O)(=O)c1ccccc1NC(N)=Nc1ccccc1C(F)(F)F. The van der Waals surface area contributed by atoms with E-state index in [0.29, 0.717) is 0 Å². The van der Waals surface area contributed by atoms with Gasteiger partial charge in [0, 0.05) is 13.1 Å². The molecule has 10 heteroatoms. The molecule has 0 bridgehead atoms. The van der Waals surface area contributed by atoms with Crippen LogP contribution in [0.15, 0.2) is 58.4 Å². The van der Waals surface area contributed by atoms with Gasteiger partial charge in [0.05, 0.1) is 16.9 Å². The van der Waals surface area contributed by atoms with E-state index in [1.54, 1.807) is 26.0 Å². The number of para-hydroxylation sites is 2. The van der Waals surface area contributed by atoms with E-state index in [2.05, 4.69) is 10.3 Å². The molecule has 2 aromatic carbocycles. The van der Waals surface area contributed by atoms with Crippen LogP contribution in [-0.2, 0) is 16.2 Å². The molecule has 0 amide bonds. The van der Waals surface area contributed by atoms with Crippen molar-refractivity contribution in [1.82, 2.24) is 4.31 Å². The molecule has 0 aliphatic rings. The predicted octanol–water partition coefficient (Wildman–Crippen LogP) is 3.79. The van der Waals surface area contributed by atoms with Gasteiger partial charge in [-0.25, -0.2) is 13.4 Å². The first-order chi connectivity index (χ1) is 13.1. The molecule has 0 heterocycles. The molecule has 0 saturated heterocycles. The smallest absolute Gasteiger partial charge is 0.369 e. The molecule has 0 aliphatic carbocycles. The summed E-state index contributed by atoms with van der Waals surface area (Å²) < 4.78 is 66.2. The van der Waals surface area contributed by atoms with Gasteiger partial charge in [0.25, 0.3) is 0 Å². The maximum atomic E-state index is 13.1. The Labute approximate surface area is 161 Å². The van der Waals surface area contributed by atoms with E-state index in [-0.39, 0.29) is 35.3 Å². The van der Waals surface area contributed by atoms with Crippen LogP contribution in [0.2, 0.25) is 0 Å². The molecular formula is C18H21F3N4O2S. The third-order valence-electron chi connectivity index (χ3n) is 3.92. The lowest BCUT2D eigenvalue weighted by Gasteiger charge is -2.20. The monoisotopic (exact) mass is 414 g/mol. The molecule has 0 radical (unpaired) electrons. The van der Waals surface area contributed by atoms with Crippen molar-refractivity contribution in [2.24, 2.45) is 10.7 Å². The first-order valence-electron chi connectivity index (χ1n) is 8.47. The maximum absolute atomic E-state index is 13.1. The fourth-order valence-corrected chi connectivity index (χ4v) is 4.21. The van der Waals surface area contributed by atoms with E-state index < -0.39 is 21.8 Å². The molecule has 0 aliphatic heterocycles. The molecule has 0 spiro atoms. The van der Waals surface area contributed by atoms with Gasteiger partial charge < -0.3 is 11.1 Å². The van der Waals surface area contributed by atoms with Crippen molar-refractivity contribution in [2.45, 2.75) is 24.9 Å². The lowest BCUT2D eigenvalue weighted by molar-refractivity contribution is -0.137. The second-order valence-corrected chi connectivity index (χ2v) is 7.63. The number of nitrogens with two attached hydrogens (primary N) is 1.